The van der Waals surface area contributed by atoms with Crippen LogP contribution in [-0.4, -0.2) is 5.78 Å². The molecule has 0 radical (unpaired) electrons. The van der Waals surface area contributed by atoms with Crippen molar-refractivity contribution >= 4 is 17.4 Å². The molecule has 0 aliphatic heterocycles. The predicted molar refractivity (Wildman–Crippen MR) is 70.8 cm³/mol. The van der Waals surface area contributed by atoms with Crippen LogP contribution in [0.25, 0.3) is 0 Å². The molecule has 0 N–H and O–H groups in total. The molecule has 0 heterocycles. The normalized spacial score (nSPS) is 10.4. The van der Waals surface area contributed by atoms with Crippen molar-refractivity contribution in [3.8, 4) is 0 Å². The van der Waals surface area contributed by atoms with Gasteiger partial charge >= 0.3 is 0 Å². The van der Waals surface area contributed by atoms with Crippen LogP contribution in [0.4, 0.5) is 4.39 Å². The second-order valence-corrected chi connectivity index (χ2v) is 4.69. The molecule has 0 saturated carbocycles. The van der Waals surface area contributed by atoms with Gasteiger partial charge in [0.15, 0.2) is 5.78 Å². The van der Waals surface area contributed by atoms with Crippen molar-refractivity contribution < 1.29 is 9.18 Å². The van der Waals surface area contributed by atoms with Gasteiger partial charge in [-0.25, -0.2) is 4.39 Å². The van der Waals surface area contributed by atoms with Gasteiger partial charge in [0.2, 0.25) is 0 Å². The Bertz CT molecular complexity index is 620. The highest BCUT2D eigenvalue weighted by atomic mass is 35.5. The molecule has 1 nitrogen and oxygen atoms in total. The number of aryl methyl sites for hydroxylation is 2. The van der Waals surface area contributed by atoms with E-state index < -0.39 is 5.82 Å². The number of benzene rings is 2. The van der Waals surface area contributed by atoms with Crippen LogP contribution < -0.4 is 0 Å². The van der Waals surface area contributed by atoms with Crippen molar-refractivity contribution in [1.29, 1.82) is 0 Å². The van der Waals surface area contributed by atoms with Crippen molar-refractivity contribution in [3.63, 3.8) is 0 Å². The van der Waals surface area contributed by atoms with Gasteiger partial charge in [-0.15, -0.1) is 0 Å². The Morgan fingerprint density at radius 1 is 1.17 bits per heavy atom. The van der Waals surface area contributed by atoms with E-state index in [1.165, 1.54) is 12.1 Å². The number of halogens is 2. The maximum Gasteiger partial charge on any atom is 0.194 e. The van der Waals surface area contributed by atoms with Crippen molar-refractivity contribution in [1.82, 2.24) is 0 Å². The quantitative estimate of drug-likeness (QED) is 0.737. The molecule has 0 aliphatic rings. The molecule has 0 unspecified atom stereocenters. The third-order valence-electron chi connectivity index (χ3n) is 2.77. The van der Waals surface area contributed by atoms with Gasteiger partial charge in [0.05, 0.1) is 5.02 Å². The van der Waals surface area contributed by atoms with Crippen LogP contribution in [0.15, 0.2) is 36.4 Å². The van der Waals surface area contributed by atoms with Gasteiger partial charge in [-0.2, -0.15) is 0 Å². The maximum atomic E-state index is 13.3. The van der Waals surface area contributed by atoms with Gasteiger partial charge in [-0.05, 0) is 37.6 Å². The Morgan fingerprint density at radius 3 is 2.56 bits per heavy atom. The number of hydrogen-bond acceptors (Lipinski definition) is 1. The maximum absolute atomic E-state index is 13.3. The van der Waals surface area contributed by atoms with Crippen LogP contribution in [0, 0.1) is 19.7 Å². The molecular weight excluding hydrogens is 251 g/mol. The van der Waals surface area contributed by atoms with Crippen molar-refractivity contribution in [2.24, 2.45) is 0 Å². The molecule has 2 rings (SSSR count). The van der Waals surface area contributed by atoms with Crippen LogP contribution in [-0.2, 0) is 0 Å². The lowest BCUT2D eigenvalue weighted by Crippen LogP contribution is -2.03. The zero-order valence-corrected chi connectivity index (χ0v) is 10.9. The smallest absolute Gasteiger partial charge is 0.194 e. The molecule has 3 heteroatoms. The van der Waals surface area contributed by atoms with E-state index in [4.69, 9.17) is 11.6 Å². The van der Waals surface area contributed by atoms with Crippen molar-refractivity contribution in [2.45, 2.75) is 13.8 Å². The number of hydrogen-bond donors (Lipinski definition) is 0. The van der Waals surface area contributed by atoms with E-state index in [2.05, 4.69) is 0 Å². The fourth-order valence-corrected chi connectivity index (χ4v) is 2.01. The first kappa shape index (κ1) is 12.8. The van der Waals surface area contributed by atoms with Gasteiger partial charge in [-0.3, -0.25) is 4.79 Å². The fourth-order valence-electron chi connectivity index (χ4n) is 1.77. The number of ketones is 1. The Hall–Kier alpha value is -1.67. The van der Waals surface area contributed by atoms with E-state index in [9.17, 15) is 9.18 Å². The monoisotopic (exact) mass is 262 g/mol. The predicted octanol–water partition coefficient (Wildman–Crippen LogP) is 4.33. The lowest BCUT2D eigenvalue weighted by atomic mass is 10.00. The summed E-state index contributed by atoms with van der Waals surface area (Å²) in [5.41, 5.74) is 2.30. The second-order valence-electron chi connectivity index (χ2n) is 4.28. The zero-order valence-electron chi connectivity index (χ0n) is 10.1. The van der Waals surface area contributed by atoms with Crippen molar-refractivity contribution in [3.05, 3.63) is 69.5 Å². The van der Waals surface area contributed by atoms with E-state index in [1.54, 1.807) is 19.1 Å². The molecule has 92 valence electrons. The summed E-state index contributed by atoms with van der Waals surface area (Å²) in [5, 5.41) is 0.143. The fraction of sp³-hybridized carbons (Fsp3) is 0.133. The zero-order chi connectivity index (χ0) is 13.3. The van der Waals surface area contributed by atoms with Gasteiger partial charge in [0.25, 0.3) is 0 Å². The van der Waals surface area contributed by atoms with Gasteiger partial charge in [0, 0.05) is 11.1 Å². The van der Waals surface area contributed by atoms with Gasteiger partial charge < -0.3 is 0 Å². The third kappa shape index (κ3) is 2.44. The van der Waals surface area contributed by atoms with E-state index in [-0.39, 0.29) is 10.8 Å². The summed E-state index contributed by atoms with van der Waals surface area (Å²) in [7, 11) is 0. The van der Waals surface area contributed by atoms with Crippen molar-refractivity contribution in [2.75, 3.05) is 0 Å². The molecule has 18 heavy (non-hydrogen) atoms. The molecule has 0 bridgehead atoms. The molecule has 2 aromatic carbocycles. The average molecular weight is 263 g/mol. The summed E-state index contributed by atoms with van der Waals surface area (Å²) in [5.74, 6) is -0.590. The highest BCUT2D eigenvalue weighted by molar-refractivity contribution is 6.35. The van der Waals surface area contributed by atoms with Crippen LogP contribution in [0.2, 0.25) is 5.02 Å². The Labute approximate surface area is 110 Å². The molecule has 0 fully saturated rings. The standard InChI is InChI=1S/C15H12ClFO/c1-9-4-3-5-11(6-9)15(18)12-7-10(2)14(17)8-13(12)16/h3-8H,1-2H3. The summed E-state index contributed by atoms with van der Waals surface area (Å²) in [6.45, 7) is 3.52. The molecule has 0 atom stereocenters. The summed E-state index contributed by atoms with van der Waals surface area (Å²) in [4.78, 5) is 12.3. The SMILES string of the molecule is Cc1cccc(C(=O)c2cc(C)c(F)cc2Cl)c1. The van der Waals surface area contributed by atoms with E-state index in [0.717, 1.165) is 5.56 Å². The first-order chi connectivity index (χ1) is 8.49. The molecule has 0 saturated heterocycles. The summed E-state index contributed by atoms with van der Waals surface area (Å²) in [6, 6.07) is 9.91. The van der Waals surface area contributed by atoms with Gasteiger partial charge in [-0.1, -0.05) is 35.4 Å². The minimum atomic E-state index is -0.402. The largest absolute Gasteiger partial charge is 0.289 e. The molecule has 2 aromatic rings. The highest BCUT2D eigenvalue weighted by Gasteiger charge is 2.15. The number of rotatable bonds is 2. The third-order valence-corrected chi connectivity index (χ3v) is 3.09. The number of carbonyl (C=O) groups excluding carboxylic acids is 1. The number of carbonyl (C=O) groups is 1. The topological polar surface area (TPSA) is 17.1 Å². The Morgan fingerprint density at radius 2 is 1.89 bits per heavy atom. The minimum absolute atomic E-state index is 0.143. The van der Waals surface area contributed by atoms with Crippen LogP contribution in [0.3, 0.4) is 0 Å². The molecule has 0 amide bonds. The van der Waals surface area contributed by atoms with Crippen LogP contribution in [0.1, 0.15) is 27.0 Å². The first-order valence-corrected chi connectivity index (χ1v) is 5.94. The first-order valence-electron chi connectivity index (χ1n) is 5.56. The lowest BCUT2D eigenvalue weighted by Gasteiger charge is -2.06. The average Bonchev–Trinajstić information content (AvgIpc) is 2.33. The van der Waals surface area contributed by atoms with E-state index >= 15 is 0 Å². The minimum Gasteiger partial charge on any atom is -0.289 e. The molecule has 0 aliphatic carbocycles. The summed E-state index contributed by atoms with van der Waals surface area (Å²) >= 11 is 5.93. The Balaban J connectivity index is 2.49. The lowest BCUT2D eigenvalue weighted by molar-refractivity contribution is 0.103. The summed E-state index contributed by atoms with van der Waals surface area (Å²) < 4.78 is 13.3. The molecular formula is C15H12ClFO. The molecule has 0 aromatic heterocycles. The van der Waals surface area contributed by atoms with E-state index in [0.29, 0.717) is 16.7 Å². The summed E-state index contributed by atoms with van der Waals surface area (Å²) in [6.07, 6.45) is 0. The van der Waals surface area contributed by atoms with Crippen LogP contribution in [0.5, 0.6) is 0 Å². The van der Waals surface area contributed by atoms with Crippen LogP contribution >= 0.6 is 11.6 Å². The van der Waals surface area contributed by atoms with E-state index in [1.807, 2.05) is 19.1 Å². The Kier molecular flexibility index (Phi) is 3.48. The molecule has 0 spiro atoms. The van der Waals surface area contributed by atoms with Gasteiger partial charge in [0.1, 0.15) is 5.82 Å². The second kappa shape index (κ2) is 4.91. The highest BCUT2D eigenvalue weighted by Crippen LogP contribution is 2.23.